The van der Waals surface area contributed by atoms with Crippen molar-refractivity contribution in [2.24, 2.45) is 5.73 Å². The first kappa shape index (κ1) is 15.0. The Bertz CT molecular complexity index is 286. The van der Waals surface area contributed by atoms with Crippen molar-refractivity contribution in [1.82, 2.24) is 10.2 Å². The molecule has 0 aromatic rings. The van der Waals surface area contributed by atoms with Crippen LogP contribution in [-0.4, -0.2) is 56.0 Å². The summed E-state index contributed by atoms with van der Waals surface area (Å²) in [5.74, 6) is 0. The van der Waals surface area contributed by atoms with Crippen molar-refractivity contribution in [3.05, 3.63) is 0 Å². The molecule has 1 fully saturated rings. The van der Waals surface area contributed by atoms with Crippen LogP contribution in [0.3, 0.4) is 0 Å². The van der Waals surface area contributed by atoms with Gasteiger partial charge >= 0.3 is 12.2 Å². The molecule has 1 rings (SSSR count). The van der Waals surface area contributed by atoms with Gasteiger partial charge in [0, 0.05) is 26.2 Å². The van der Waals surface area contributed by atoms with Gasteiger partial charge in [0.25, 0.3) is 0 Å². The Balaban J connectivity index is 2.51. The number of alkyl halides is 3. The van der Waals surface area contributed by atoms with Gasteiger partial charge in [-0.1, -0.05) is 0 Å². The number of hydrogen-bond donors (Lipinski definition) is 2. The number of carbonyl (C=O) groups excluding carboxylic acids is 1. The van der Waals surface area contributed by atoms with Crippen LogP contribution < -0.4 is 11.1 Å². The maximum Gasteiger partial charge on any atom is 0.405 e. The summed E-state index contributed by atoms with van der Waals surface area (Å²) in [6, 6.07) is -1.01. The van der Waals surface area contributed by atoms with Gasteiger partial charge in [-0.3, -0.25) is 0 Å². The summed E-state index contributed by atoms with van der Waals surface area (Å²) in [6.07, 6.45) is -3.25. The number of rotatable bonds is 3. The maximum atomic E-state index is 12.0. The summed E-state index contributed by atoms with van der Waals surface area (Å²) in [5.41, 5.74) is 5.53. The van der Waals surface area contributed by atoms with Crippen molar-refractivity contribution in [2.45, 2.75) is 31.2 Å². The molecule has 0 bridgehead atoms. The summed E-state index contributed by atoms with van der Waals surface area (Å²) in [6.45, 7) is -0.767. The molecule has 1 saturated heterocycles. The van der Waals surface area contributed by atoms with Gasteiger partial charge < -0.3 is 20.7 Å². The molecule has 0 aromatic carbocycles. The lowest BCUT2D eigenvalue weighted by Crippen LogP contribution is -2.55. The van der Waals surface area contributed by atoms with Crippen molar-refractivity contribution in [1.29, 1.82) is 0 Å². The second kappa shape index (κ2) is 6.24. The first-order valence-corrected chi connectivity index (χ1v) is 5.71. The molecular weight excluding hydrogens is 251 g/mol. The van der Waals surface area contributed by atoms with Gasteiger partial charge in [-0.05, 0) is 12.8 Å². The summed E-state index contributed by atoms with van der Waals surface area (Å²) in [4.78, 5) is 13.0. The van der Waals surface area contributed by atoms with Gasteiger partial charge in [-0.2, -0.15) is 13.2 Å². The van der Waals surface area contributed by atoms with Gasteiger partial charge in [0.2, 0.25) is 0 Å². The Labute approximate surface area is 103 Å². The third kappa shape index (κ3) is 4.34. The topological polar surface area (TPSA) is 67.6 Å². The molecule has 106 valence electrons. The molecule has 2 amide bonds. The fourth-order valence-corrected chi connectivity index (χ4v) is 2.00. The molecule has 1 aliphatic heterocycles. The van der Waals surface area contributed by atoms with E-state index < -0.39 is 18.8 Å². The third-order valence-electron chi connectivity index (χ3n) is 2.97. The second-order valence-electron chi connectivity index (χ2n) is 4.24. The number of likely N-dealkylation sites (tertiary alicyclic amines) is 1. The maximum absolute atomic E-state index is 12.0. The van der Waals surface area contributed by atoms with Gasteiger partial charge in [0.15, 0.2) is 0 Å². The number of nitrogens with zero attached hydrogens (tertiary/aromatic N) is 1. The van der Waals surface area contributed by atoms with E-state index in [9.17, 15) is 18.0 Å². The van der Waals surface area contributed by atoms with Crippen molar-refractivity contribution in [3.63, 3.8) is 0 Å². The summed E-state index contributed by atoms with van der Waals surface area (Å²) < 4.78 is 41.2. The van der Waals surface area contributed by atoms with Crippen LogP contribution in [0.1, 0.15) is 12.8 Å². The van der Waals surface area contributed by atoms with Crippen molar-refractivity contribution in [3.8, 4) is 0 Å². The Morgan fingerprint density at radius 3 is 2.72 bits per heavy atom. The first-order valence-electron chi connectivity index (χ1n) is 5.71. The number of carbonyl (C=O) groups is 1. The van der Waals surface area contributed by atoms with E-state index in [4.69, 9.17) is 10.5 Å². The minimum Gasteiger partial charge on any atom is -0.381 e. The molecule has 0 radical (unpaired) electrons. The summed E-state index contributed by atoms with van der Waals surface area (Å²) in [7, 11) is 1.57. The quantitative estimate of drug-likeness (QED) is 0.792. The fraction of sp³-hybridized carbons (Fsp3) is 0.900. The van der Waals surface area contributed by atoms with Crippen LogP contribution in [0, 0.1) is 0 Å². The standard InChI is InChI=1S/C10H18F3N3O2/c1-18-8-2-3-16(7(4-8)5-14)9(17)15-6-10(11,12)13/h7-8H,2-6,14H2,1H3,(H,15,17). The molecule has 1 heterocycles. The van der Waals surface area contributed by atoms with E-state index >= 15 is 0 Å². The van der Waals surface area contributed by atoms with Gasteiger partial charge in [-0.15, -0.1) is 0 Å². The van der Waals surface area contributed by atoms with Gasteiger partial charge in [0.1, 0.15) is 6.54 Å². The lowest BCUT2D eigenvalue weighted by molar-refractivity contribution is -0.123. The van der Waals surface area contributed by atoms with Crippen LogP contribution in [0.5, 0.6) is 0 Å². The van der Waals surface area contributed by atoms with E-state index in [1.165, 1.54) is 4.90 Å². The molecule has 1 aliphatic rings. The SMILES string of the molecule is COC1CCN(C(=O)NCC(F)(F)F)C(CN)C1. The predicted molar refractivity (Wildman–Crippen MR) is 59.0 cm³/mol. The van der Waals surface area contributed by atoms with Crippen LogP contribution in [-0.2, 0) is 4.74 Å². The zero-order valence-corrected chi connectivity index (χ0v) is 10.2. The average Bonchev–Trinajstić information content (AvgIpc) is 2.34. The van der Waals surface area contributed by atoms with Gasteiger partial charge in [-0.25, -0.2) is 4.79 Å². The molecule has 3 N–H and O–H groups in total. The predicted octanol–water partition coefficient (Wildman–Crippen LogP) is 0.696. The monoisotopic (exact) mass is 269 g/mol. The number of urea groups is 1. The van der Waals surface area contributed by atoms with Crippen LogP contribution >= 0.6 is 0 Å². The van der Waals surface area contributed by atoms with E-state index in [0.29, 0.717) is 19.4 Å². The van der Waals surface area contributed by atoms with E-state index in [-0.39, 0.29) is 18.7 Å². The van der Waals surface area contributed by atoms with Crippen LogP contribution in [0.2, 0.25) is 0 Å². The Morgan fingerprint density at radius 1 is 1.56 bits per heavy atom. The molecule has 2 unspecified atom stereocenters. The summed E-state index contributed by atoms with van der Waals surface area (Å²) >= 11 is 0. The number of halogens is 3. The zero-order valence-electron chi connectivity index (χ0n) is 10.2. The number of nitrogens with one attached hydrogen (secondary N) is 1. The normalized spacial score (nSPS) is 25.1. The number of methoxy groups -OCH3 is 1. The lowest BCUT2D eigenvalue weighted by atomic mass is 10.00. The number of ether oxygens (including phenoxy) is 1. The number of amides is 2. The smallest absolute Gasteiger partial charge is 0.381 e. The molecule has 0 spiro atoms. The van der Waals surface area contributed by atoms with E-state index in [1.807, 2.05) is 5.32 Å². The minimum atomic E-state index is -4.40. The van der Waals surface area contributed by atoms with E-state index in [0.717, 1.165) is 0 Å². The van der Waals surface area contributed by atoms with Crippen LogP contribution in [0.15, 0.2) is 0 Å². The first-order chi connectivity index (χ1) is 8.37. The Morgan fingerprint density at radius 2 is 2.22 bits per heavy atom. The van der Waals surface area contributed by atoms with Gasteiger partial charge in [0.05, 0.1) is 6.10 Å². The molecule has 0 aliphatic carbocycles. The van der Waals surface area contributed by atoms with Crippen molar-refractivity contribution in [2.75, 3.05) is 26.7 Å². The van der Waals surface area contributed by atoms with E-state index in [2.05, 4.69) is 0 Å². The van der Waals surface area contributed by atoms with E-state index in [1.54, 1.807) is 7.11 Å². The highest BCUT2D eigenvalue weighted by atomic mass is 19.4. The fourth-order valence-electron chi connectivity index (χ4n) is 2.00. The number of nitrogens with two attached hydrogens (primary N) is 1. The average molecular weight is 269 g/mol. The minimum absolute atomic E-state index is 0.00483. The highest BCUT2D eigenvalue weighted by molar-refractivity contribution is 5.74. The Hall–Kier alpha value is -1.02. The lowest BCUT2D eigenvalue weighted by Gasteiger charge is -2.38. The van der Waals surface area contributed by atoms with Crippen molar-refractivity contribution >= 4 is 6.03 Å². The molecular formula is C10H18F3N3O2. The zero-order chi connectivity index (χ0) is 13.8. The Kier molecular flexibility index (Phi) is 5.21. The molecule has 0 aromatic heterocycles. The third-order valence-corrected chi connectivity index (χ3v) is 2.97. The molecule has 0 saturated carbocycles. The largest absolute Gasteiger partial charge is 0.405 e. The molecule has 18 heavy (non-hydrogen) atoms. The highest BCUT2D eigenvalue weighted by Gasteiger charge is 2.33. The van der Waals surface area contributed by atoms with Crippen LogP contribution in [0.4, 0.5) is 18.0 Å². The summed E-state index contributed by atoms with van der Waals surface area (Å²) in [5, 5.41) is 1.86. The highest BCUT2D eigenvalue weighted by Crippen LogP contribution is 2.19. The number of hydrogen-bond acceptors (Lipinski definition) is 3. The molecule has 5 nitrogen and oxygen atoms in total. The second-order valence-corrected chi connectivity index (χ2v) is 4.24. The molecule has 2 atom stereocenters. The number of piperidine rings is 1. The van der Waals surface area contributed by atoms with Crippen molar-refractivity contribution < 1.29 is 22.7 Å². The van der Waals surface area contributed by atoms with Crippen LogP contribution in [0.25, 0.3) is 0 Å². The molecule has 8 heteroatoms.